The number of carbonyl (C=O) groups is 1. The Labute approximate surface area is 156 Å². The maximum absolute atomic E-state index is 13.4. The number of likely N-dealkylation sites (tertiary alicyclic amines) is 1. The number of hydrogen-bond acceptors (Lipinski definition) is 4. The molecule has 3 aromatic rings. The molecule has 0 aliphatic carbocycles. The van der Waals surface area contributed by atoms with Crippen molar-refractivity contribution in [1.29, 1.82) is 0 Å². The molecule has 0 spiro atoms. The van der Waals surface area contributed by atoms with E-state index in [0.29, 0.717) is 36.1 Å². The van der Waals surface area contributed by atoms with Gasteiger partial charge in [0.2, 0.25) is 0 Å². The molecule has 0 radical (unpaired) electrons. The molecule has 1 aliphatic rings. The number of benzene rings is 1. The van der Waals surface area contributed by atoms with Crippen LogP contribution in [0, 0.1) is 11.7 Å². The van der Waals surface area contributed by atoms with Crippen molar-refractivity contribution in [3.63, 3.8) is 0 Å². The van der Waals surface area contributed by atoms with Gasteiger partial charge >= 0.3 is 0 Å². The zero-order valence-corrected chi connectivity index (χ0v) is 14.8. The monoisotopic (exact) mass is 365 g/mol. The standard InChI is InChI=1S/C20H20FN5O/c21-16-5-1-4-15(10-16)20(27)26-8-2-3-14(13-26)9-17-11-22-12-18(25-17)19-23-6-7-24-19/h1,4-7,10-12,14H,2-3,8-9,13H2,(H,23,24)/t14-/m0/s1. The summed E-state index contributed by atoms with van der Waals surface area (Å²) in [6, 6.07) is 5.87. The molecule has 138 valence electrons. The third-order valence-electron chi connectivity index (χ3n) is 4.80. The van der Waals surface area contributed by atoms with E-state index < -0.39 is 0 Å². The number of H-pyrrole nitrogens is 1. The fourth-order valence-electron chi connectivity index (χ4n) is 3.54. The quantitative estimate of drug-likeness (QED) is 0.771. The van der Waals surface area contributed by atoms with Crippen molar-refractivity contribution in [3.05, 3.63) is 66.1 Å². The Morgan fingerprint density at radius 2 is 2.26 bits per heavy atom. The maximum Gasteiger partial charge on any atom is 0.253 e. The number of hydrogen-bond donors (Lipinski definition) is 1. The molecule has 0 saturated carbocycles. The van der Waals surface area contributed by atoms with Gasteiger partial charge in [0.05, 0.1) is 11.9 Å². The largest absolute Gasteiger partial charge is 0.343 e. The number of halogens is 1. The summed E-state index contributed by atoms with van der Waals surface area (Å²) in [7, 11) is 0. The van der Waals surface area contributed by atoms with E-state index in [-0.39, 0.29) is 11.7 Å². The number of amides is 1. The summed E-state index contributed by atoms with van der Waals surface area (Å²) < 4.78 is 13.4. The number of nitrogens with one attached hydrogen (secondary N) is 1. The zero-order valence-electron chi connectivity index (χ0n) is 14.8. The number of nitrogens with zero attached hydrogens (tertiary/aromatic N) is 4. The van der Waals surface area contributed by atoms with Crippen LogP contribution < -0.4 is 0 Å². The van der Waals surface area contributed by atoms with Crippen molar-refractivity contribution in [2.24, 2.45) is 5.92 Å². The van der Waals surface area contributed by atoms with Gasteiger partial charge in [0.25, 0.3) is 5.91 Å². The van der Waals surface area contributed by atoms with Crippen LogP contribution in [-0.2, 0) is 6.42 Å². The van der Waals surface area contributed by atoms with Gasteiger partial charge in [-0.2, -0.15) is 0 Å². The first-order valence-corrected chi connectivity index (χ1v) is 9.04. The maximum atomic E-state index is 13.4. The molecule has 1 amide bonds. The number of rotatable bonds is 4. The van der Waals surface area contributed by atoms with Gasteiger partial charge < -0.3 is 9.88 Å². The highest BCUT2D eigenvalue weighted by molar-refractivity contribution is 5.94. The van der Waals surface area contributed by atoms with E-state index in [9.17, 15) is 9.18 Å². The minimum absolute atomic E-state index is 0.116. The molecule has 0 bridgehead atoms. The van der Waals surface area contributed by atoms with Gasteiger partial charge in [0.1, 0.15) is 11.5 Å². The van der Waals surface area contributed by atoms with Gasteiger partial charge in [-0.1, -0.05) is 6.07 Å². The van der Waals surface area contributed by atoms with E-state index in [1.807, 2.05) is 4.90 Å². The van der Waals surface area contributed by atoms with Crippen LogP contribution in [0.2, 0.25) is 0 Å². The van der Waals surface area contributed by atoms with E-state index in [1.54, 1.807) is 36.9 Å². The molecule has 6 nitrogen and oxygen atoms in total. The van der Waals surface area contributed by atoms with Crippen LogP contribution in [0.4, 0.5) is 4.39 Å². The molecular weight excluding hydrogens is 345 g/mol. The van der Waals surface area contributed by atoms with Crippen molar-refractivity contribution in [2.45, 2.75) is 19.3 Å². The molecule has 1 aliphatic heterocycles. The summed E-state index contributed by atoms with van der Waals surface area (Å²) in [5.41, 5.74) is 1.99. The Kier molecular flexibility index (Phi) is 4.91. The van der Waals surface area contributed by atoms with Crippen molar-refractivity contribution in [3.8, 4) is 11.5 Å². The van der Waals surface area contributed by atoms with Crippen LogP contribution in [0.3, 0.4) is 0 Å². The molecule has 1 saturated heterocycles. The normalized spacial score (nSPS) is 17.1. The molecule has 27 heavy (non-hydrogen) atoms. The van der Waals surface area contributed by atoms with Gasteiger partial charge in [-0.3, -0.25) is 9.78 Å². The van der Waals surface area contributed by atoms with Crippen LogP contribution in [0.1, 0.15) is 28.9 Å². The zero-order chi connectivity index (χ0) is 18.6. The minimum atomic E-state index is -0.389. The van der Waals surface area contributed by atoms with E-state index in [2.05, 4.69) is 19.9 Å². The number of aromatic nitrogens is 4. The number of aromatic amines is 1. The smallest absolute Gasteiger partial charge is 0.253 e. The Hall–Kier alpha value is -3.09. The van der Waals surface area contributed by atoms with Crippen LogP contribution in [0.5, 0.6) is 0 Å². The molecule has 2 aromatic heterocycles. The van der Waals surface area contributed by atoms with E-state index in [1.165, 1.54) is 12.1 Å². The van der Waals surface area contributed by atoms with Crippen molar-refractivity contribution in [2.75, 3.05) is 13.1 Å². The molecule has 1 aromatic carbocycles. The number of carbonyl (C=O) groups excluding carboxylic acids is 1. The topological polar surface area (TPSA) is 74.8 Å². The highest BCUT2D eigenvalue weighted by atomic mass is 19.1. The van der Waals surface area contributed by atoms with Crippen LogP contribution in [0.15, 0.2) is 49.1 Å². The molecule has 3 heterocycles. The molecule has 4 rings (SSSR count). The van der Waals surface area contributed by atoms with Crippen molar-refractivity contribution >= 4 is 5.91 Å². The number of piperidine rings is 1. The van der Waals surface area contributed by atoms with Gasteiger partial charge in [-0.15, -0.1) is 0 Å². The predicted octanol–water partition coefficient (Wildman–Crippen LogP) is 3.10. The Morgan fingerprint density at radius 1 is 1.33 bits per heavy atom. The summed E-state index contributed by atoms with van der Waals surface area (Å²) >= 11 is 0. The van der Waals surface area contributed by atoms with Crippen LogP contribution in [-0.4, -0.2) is 43.8 Å². The molecule has 1 fully saturated rings. The Balaban J connectivity index is 1.44. The summed E-state index contributed by atoms with van der Waals surface area (Å²) in [5, 5.41) is 0. The second kappa shape index (κ2) is 7.65. The van der Waals surface area contributed by atoms with Gasteiger partial charge in [-0.05, 0) is 43.4 Å². The van der Waals surface area contributed by atoms with Crippen LogP contribution >= 0.6 is 0 Å². The SMILES string of the molecule is O=C(c1cccc(F)c1)N1CCC[C@@H](Cc2cncc(-c3ncc[nH]3)n2)C1. The van der Waals surface area contributed by atoms with E-state index >= 15 is 0 Å². The van der Waals surface area contributed by atoms with Gasteiger partial charge in [0, 0.05) is 37.2 Å². The lowest BCUT2D eigenvalue weighted by atomic mass is 9.93. The van der Waals surface area contributed by atoms with Crippen LogP contribution in [0.25, 0.3) is 11.5 Å². The summed E-state index contributed by atoms with van der Waals surface area (Å²) in [5.74, 6) is 0.488. The molecule has 1 N–H and O–H groups in total. The third-order valence-corrected chi connectivity index (χ3v) is 4.80. The second-order valence-corrected chi connectivity index (χ2v) is 6.81. The fourth-order valence-corrected chi connectivity index (χ4v) is 3.54. The average Bonchev–Trinajstić information content (AvgIpc) is 3.23. The van der Waals surface area contributed by atoms with Crippen molar-refractivity contribution in [1.82, 2.24) is 24.8 Å². The summed E-state index contributed by atoms with van der Waals surface area (Å²) in [4.78, 5) is 30.6. The van der Waals surface area contributed by atoms with Gasteiger partial charge in [-0.25, -0.2) is 14.4 Å². The average molecular weight is 365 g/mol. The van der Waals surface area contributed by atoms with Crippen molar-refractivity contribution < 1.29 is 9.18 Å². The lowest BCUT2D eigenvalue weighted by Gasteiger charge is -2.32. The summed E-state index contributed by atoms with van der Waals surface area (Å²) in [6.07, 6.45) is 9.58. The minimum Gasteiger partial charge on any atom is -0.343 e. The molecule has 7 heteroatoms. The highest BCUT2D eigenvalue weighted by Gasteiger charge is 2.25. The second-order valence-electron chi connectivity index (χ2n) is 6.81. The third kappa shape index (κ3) is 4.02. The summed E-state index contributed by atoms with van der Waals surface area (Å²) in [6.45, 7) is 1.34. The Morgan fingerprint density at radius 3 is 3.07 bits per heavy atom. The molecule has 1 atom stereocenters. The predicted molar refractivity (Wildman–Crippen MR) is 98.3 cm³/mol. The van der Waals surface area contributed by atoms with E-state index in [4.69, 9.17) is 0 Å². The van der Waals surface area contributed by atoms with E-state index in [0.717, 1.165) is 25.0 Å². The number of imidazole rings is 1. The first-order valence-electron chi connectivity index (χ1n) is 9.04. The first-order chi connectivity index (χ1) is 13.2. The Bertz CT molecular complexity index is 928. The molecule has 0 unspecified atom stereocenters. The lowest BCUT2D eigenvalue weighted by molar-refractivity contribution is 0.0672. The highest BCUT2D eigenvalue weighted by Crippen LogP contribution is 2.22. The molecular formula is C20H20FN5O. The lowest BCUT2D eigenvalue weighted by Crippen LogP contribution is -2.40. The van der Waals surface area contributed by atoms with Gasteiger partial charge in [0.15, 0.2) is 5.82 Å². The fraction of sp³-hybridized carbons (Fsp3) is 0.300. The first kappa shape index (κ1) is 17.3.